The second kappa shape index (κ2) is 51.2. The number of carbonyl (C=O) groups excluding carboxylic acids is 3. The lowest BCUT2D eigenvalue weighted by Crippen LogP contribution is -2.61. The van der Waals surface area contributed by atoms with E-state index in [1.807, 2.05) is 0 Å². The topological polar surface area (TPSA) is 175 Å². The van der Waals surface area contributed by atoms with Crippen LogP contribution in [0, 0.1) is 0 Å². The Morgan fingerprint density at radius 1 is 0.453 bits per heavy atom. The van der Waals surface area contributed by atoms with Gasteiger partial charge in [0, 0.05) is 19.3 Å². The average molecular weight is 1060 g/mol. The maximum Gasteiger partial charge on any atom is 0.335 e. The molecule has 1 rings (SSSR count). The van der Waals surface area contributed by atoms with E-state index in [9.17, 15) is 34.5 Å². The second-order valence-corrected chi connectivity index (χ2v) is 20.6. The predicted molar refractivity (Wildman–Crippen MR) is 303 cm³/mol. The summed E-state index contributed by atoms with van der Waals surface area (Å²) in [6.45, 7) is 5.84. The molecule has 6 atom stereocenters. The average Bonchev–Trinajstić information content (AvgIpc) is 3.39. The van der Waals surface area contributed by atoms with Crippen molar-refractivity contribution in [3.8, 4) is 0 Å². The molecule has 0 spiro atoms. The minimum absolute atomic E-state index is 0.0571. The Kier molecular flexibility index (Phi) is 47.4. The number of rotatable bonds is 51. The molecule has 3 N–H and O–H groups in total. The van der Waals surface area contributed by atoms with Gasteiger partial charge < -0.3 is 39.0 Å². The van der Waals surface area contributed by atoms with Crippen LogP contribution in [0.4, 0.5) is 0 Å². The van der Waals surface area contributed by atoms with Gasteiger partial charge in [-0.3, -0.25) is 14.4 Å². The Bertz CT molecular complexity index is 1540. The number of unbranched alkanes of at least 4 members (excludes halogenated alkanes) is 27. The third kappa shape index (κ3) is 41.2. The number of aliphatic hydroxyl groups is 2. The zero-order valence-corrected chi connectivity index (χ0v) is 47.5. The van der Waals surface area contributed by atoms with Gasteiger partial charge in [0.15, 0.2) is 24.6 Å². The normalized spacial score (nSPS) is 18.5. The molecule has 432 valence electrons. The summed E-state index contributed by atoms with van der Waals surface area (Å²) in [6.07, 6.45) is 50.6. The molecule has 12 nitrogen and oxygen atoms in total. The van der Waals surface area contributed by atoms with Crippen LogP contribution < -0.4 is 0 Å². The van der Waals surface area contributed by atoms with E-state index in [-0.39, 0.29) is 25.9 Å². The molecular weight excluding hydrogens is 949 g/mol. The van der Waals surface area contributed by atoms with Crippen molar-refractivity contribution in [1.82, 2.24) is 0 Å². The van der Waals surface area contributed by atoms with Crippen molar-refractivity contribution in [3.63, 3.8) is 0 Å². The van der Waals surface area contributed by atoms with E-state index in [1.165, 1.54) is 122 Å². The fourth-order valence-electron chi connectivity index (χ4n) is 8.94. The van der Waals surface area contributed by atoms with E-state index in [4.69, 9.17) is 23.7 Å². The summed E-state index contributed by atoms with van der Waals surface area (Å²) in [5.41, 5.74) is 0. The summed E-state index contributed by atoms with van der Waals surface area (Å²) in [5.74, 6) is -3.17. The maximum atomic E-state index is 13.1. The molecule has 0 amide bonds. The molecule has 1 aliphatic heterocycles. The number of carboxylic acid groups (broad SMARTS) is 1. The first-order valence-corrected chi connectivity index (χ1v) is 30.3. The summed E-state index contributed by atoms with van der Waals surface area (Å²) < 4.78 is 28.4. The first-order valence-electron chi connectivity index (χ1n) is 30.3. The highest BCUT2D eigenvalue weighted by Crippen LogP contribution is 2.26. The van der Waals surface area contributed by atoms with Crippen molar-refractivity contribution in [2.24, 2.45) is 0 Å². The Balaban J connectivity index is 2.68. The van der Waals surface area contributed by atoms with Gasteiger partial charge in [-0.15, -0.1) is 0 Å². The molecule has 0 aromatic carbocycles. The Hall–Kier alpha value is -3.58. The third-order valence-electron chi connectivity index (χ3n) is 13.6. The highest BCUT2D eigenvalue weighted by atomic mass is 16.7. The van der Waals surface area contributed by atoms with E-state index < -0.39 is 67.3 Å². The van der Waals surface area contributed by atoms with Gasteiger partial charge in [0.05, 0.1) is 6.61 Å². The molecule has 1 aliphatic rings. The number of allylic oxidation sites excluding steroid dienone is 10. The van der Waals surface area contributed by atoms with Gasteiger partial charge in [-0.05, 0) is 83.5 Å². The van der Waals surface area contributed by atoms with Gasteiger partial charge in [0.2, 0.25) is 0 Å². The van der Waals surface area contributed by atoms with Gasteiger partial charge in [-0.25, -0.2) is 4.79 Å². The van der Waals surface area contributed by atoms with Gasteiger partial charge in [-0.2, -0.15) is 0 Å². The van der Waals surface area contributed by atoms with Gasteiger partial charge in [0.1, 0.15) is 18.8 Å². The standard InChI is InChI=1S/C63H108O12/c1-4-7-10-13-16-19-22-24-26-27-28-29-31-32-35-37-40-43-46-49-55(64)71-52-54(73-56(65)50-47-44-41-39-36-33-30-25-23-20-17-14-11-8-5-2)53-72-63-61(59(68)58(67)60(75-63)62(69)70)74-57(66)51-48-45-42-38-34-21-18-15-12-9-6-3/h8,11,17,20,24-26,30,36,39,54,58-61,63,67-68H,4-7,9-10,12-16,18-19,21-23,27-29,31-35,37-38,40-53H2,1-3H3,(H,69,70)/b11-8-,20-17-,26-24-,30-25-,39-36-. The number of hydrogen-bond acceptors (Lipinski definition) is 11. The van der Waals surface area contributed by atoms with E-state index >= 15 is 0 Å². The monoisotopic (exact) mass is 1060 g/mol. The molecule has 75 heavy (non-hydrogen) atoms. The summed E-state index contributed by atoms with van der Waals surface area (Å²) in [7, 11) is 0. The van der Waals surface area contributed by atoms with E-state index in [1.54, 1.807) is 0 Å². The zero-order chi connectivity index (χ0) is 54.7. The Morgan fingerprint density at radius 2 is 0.840 bits per heavy atom. The minimum Gasteiger partial charge on any atom is -0.479 e. The lowest BCUT2D eigenvalue weighted by Gasteiger charge is -2.40. The van der Waals surface area contributed by atoms with Crippen molar-refractivity contribution in [2.75, 3.05) is 13.2 Å². The molecule has 0 radical (unpaired) electrons. The molecule has 0 saturated carbocycles. The number of carboxylic acids is 1. The number of esters is 3. The number of carbonyl (C=O) groups is 4. The van der Waals surface area contributed by atoms with Crippen LogP contribution in [0.5, 0.6) is 0 Å². The number of aliphatic carboxylic acids is 1. The summed E-state index contributed by atoms with van der Waals surface area (Å²) in [4.78, 5) is 51.1. The van der Waals surface area contributed by atoms with Crippen LogP contribution in [0.1, 0.15) is 265 Å². The fourth-order valence-corrected chi connectivity index (χ4v) is 8.94. The highest BCUT2D eigenvalue weighted by molar-refractivity contribution is 5.74. The smallest absolute Gasteiger partial charge is 0.335 e. The van der Waals surface area contributed by atoms with Crippen LogP contribution in [0.25, 0.3) is 0 Å². The summed E-state index contributed by atoms with van der Waals surface area (Å²) >= 11 is 0. The van der Waals surface area contributed by atoms with Crippen molar-refractivity contribution < 1.29 is 58.2 Å². The van der Waals surface area contributed by atoms with Crippen LogP contribution in [0.3, 0.4) is 0 Å². The Morgan fingerprint density at radius 3 is 1.32 bits per heavy atom. The molecule has 0 aromatic heterocycles. The summed E-state index contributed by atoms with van der Waals surface area (Å²) in [6, 6.07) is 0. The van der Waals surface area contributed by atoms with Gasteiger partial charge in [-0.1, -0.05) is 223 Å². The quantitative estimate of drug-likeness (QED) is 0.0228. The minimum atomic E-state index is -1.91. The van der Waals surface area contributed by atoms with Crippen molar-refractivity contribution in [2.45, 2.75) is 302 Å². The van der Waals surface area contributed by atoms with Crippen LogP contribution in [0.2, 0.25) is 0 Å². The predicted octanol–water partition coefficient (Wildman–Crippen LogP) is 15.6. The van der Waals surface area contributed by atoms with Crippen LogP contribution >= 0.6 is 0 Å². The zero-order valence-electron chi connectivity index (χ0n) is 47.5. The maximum absolute atomic E-state index is 13.1. The van der Waals surface area contributed by atoms with E-state index in [0.29, 0.717) is 19.3 Å². The Labute approximate surface area is 456 Å². The van der Waals surface area contributed by atoms with Crippen LogP contribution in [-0.4, -0.2) is 89.2 Å². The fraction of sp³-hybridized carbons (Fsp3) is 0.778. The van der Waals surface area contributed by atoms with E-state index in [2.05, 4.69) is 81.5 Å². The van der Waals surface area contributed by atoms with Crippen molar-refractivity contribution in [1.29, 1.82) is 0 Å². The molecule has 0 aliphatic carbocycles. The van der Waals surface area contributed by atoms with Gasteiger partial charge in [0.25, 0.3) is 0 Å². The van der Waals surface area contributed by atoms with Gasteiger partial charge >= 0.3 is 23.9 Å². The summed E-state index contributed by atoms with van der Waals surface area (Å²) in [5, 5.41) is 31.4. The molecule has 0 bridgehead atoms. The second-order valence-electron chi connectivity index (χ2n) is 20.6. The van der Waals surface area contributed by atoms with Crippen molar-refractivity contribution >= 4 is 23.9 Å². The van der Waals surface area contributed by atoms with E-state index in [0.717, 1.165) is 83.5 Å². The third-order valence-corrected chi connectivity index (χ3v) is 13.6. The number of ether oxygens (including phenoxy) is 5. The van der Waals surface area contributed by atoms with Crippen LogP contribution in [0.15, 0.2) is 60.8 Å². The number of aliphatic hydroxyl groups excluding tert-OH is 2. The lowest BCUT2D eigenvalue weighted by atomic mass is 9.98. The molecule has 1 heterocycles. The largest absolute Gasteiger partial charge is 0.479 e. The molecule has 1 saturated heterocycles. The first kappa shape index (κ1) is 69.4. The van der Waals surface area contributed by atoms with Crippen LogP contribution in [-0.2, 0) is 42.9 Å². The molecule has 0 aromatic rings. The van der Waals surface area contributed by atoms with Crippen molar-refractivity contribution in [3.05, 3.63) is 60.8 Å². The molecule has 6 unspecified atom stereocenters. The number of hydrogen-bond donors (Lipinski definition) is 3. The highest BCUT2D eigenvalue weighted by Gasteiger charge is 2.50. The lowest BCUT2D eigenvalue weighted by molar-refractivity contribution is -0.301. The molecular formula is C63H108O12. The molecule has 1 fully saturated rings. The first-order chi connectivity index (χ1) is 36.6. The molecule has 12 heteroatoms. The SMILES string of the molecule is CC/C=C\C/C=C\C/C=C\C/C=C\CCCCC(=O)OC(COC(=O)CCCCCCCCCCC/C=C\CCCCCCCC)COC1OC(C(=O)O)C(O)C(O)C1OC(=O)CCCCCCCCCCCCC.